The minimum atomic E-state index is -0.473. The fourth-order valence-electron chi connectivity index (χ4n) is 4.28. The molecular formula is C24H27NO5. The maximum atomic E-state index is 13.0. The number of aliphatic hydroxyl groups excluding tert-OH is 1. The Morgan fingerprint density at radius 1 is 1.20 bits per heavy atom. The van der Waals surface area contributed by atoms with Crippen LogP contribution in [0.5, 0.6) is 5.75 Å². The number of fused-ring (bicyclic) bond motifs is 1. The summed E-state index contributed by atoms with van der Waals surface area (Å²) in [5.41, 5.74) is 2.26. The number of aliphatic hydroxyl groups is 1. The third kappa shape index (κ3) is 3.80. The molecule has 6 heteroatoms. The summed E-state index contributed by atoms with van der Waals surface area (Å²) in [6, 6.07) is 12.8. The Bertz CT molecular complexity index is 1030. The molecule has 1 atom stereocenters. The minimum absolute atomic E-state index is 0.0416. The monoisotopic (exact) mass is 409 g/mol. The normalized spacial score (nSPS) is 17.3. The highest BCUT2D eigenvalue weighted by molar-refractivity contribution is 6.10. The number of aromatic hydroxyl groups is 1. The Balaban J connectivity index is 1.89. The Morgan fingerprint density at radius 2 is 2.00 bits per heavy atom. The van der Waals surface area contributed by atoms with Gasteiger partial charge in [-0.3, -0.25) is 4.90 Å². The van der Waals surface area contributed by atoms with Crippen LogP contribution < -0.4 is 0 Å². The summed E-state index contributed by atoms with van der Waals surface area (Å²) < 4.78 is 11.5. The number of piperidine rings is 1. The molecule has 0 radical (unpaired) electrons. The molecule has 0 spiro atoms. The van der Waals surface area contributed by atoms with Crippen molar-refractivity contribution in [1.29, 1.82) is 0 Å². The molecule has 1 aliphatic heterocycles. The lowest BCUT2D eigenvalue weighted by Crippen LogP contribution is -2.41. The highest BCUT2D eigenvalue weighted by Gasteiger charge is 2.29. The summed E-state index contributed by atoms with van der Waals surface area (Å²) in [4.78, 5) is 15.1. The van der Waals surface area contributed by atoms with E-state index < -0.39 is 5.97 Å². The molecule has 4 rings (SSSR count). The van der Waals surface area contributed by atoms with E-state index in [1.807, 2.05) is 30.3 Å². The molecule has 30 heavy (non-hydrogen) atoms. The van der Waals surface area contributed by atoms with Gasteiger partial charge in [0, 0.05) is 29.1 Å². The summed E-state index contributed by atoms with van der Waals surface area (Å²) in [5.74, 6) is 0.0725. The van der Waals surface area contributed by atoms with E-state index in [0.29, 0.717) is 34.4 Å². The second kappa shape index (κ2) is 8.90. The molecule has 2 N–H and O–H groups in total. The number of phenolic OH excluding ortho intramolecular Hbond substituents is 1. The van der Waals surface area contributed by atoms with E-state index in [9.17, 15) is 15.0 Å². The molecular weight excluding hydrogens is 382 g/mol. The van der Waals surface area contributed by atoms with Crippen molar-refractivity contribution < 1.29 is 24.2 Å². The van der Waals surface area contributed by atoms with Crippen LogP contribution in [-0.4, -0.2) is 46.9 Å². The van der Waals surface area contributed by atoms with E-state index in [0.717, 1.165) is 31.4 Å². The summed E-state index contributed by atoms with van der Waals surface area (Å²) in [7, 11) is 0. The fourth-order valence-corrected chi connectivity index (χ4v) is 4.28. The van der Waals surface area contributed by atoms with Crippen LogP contribution in [0.1, 0.15) is 42.1 Å². The number of carbonyl (C=O) groups excluding carboxylic acids is 1. The van der Waals surface area contributed by atoms with E-state index in [1.165, 1.54) is 0 Å². The molecule has 1 saturated heterocycles. The number of benzene rings is 2. The molecule has 1 aliphatic rings. The maximum Gasteiger partial charge on any atom is 0.342 e. The van der Waals surface area contributed by atoms with Crippen molar-refractivity contribution in [3.8, 4) is 17.1 Å². The zero-order valence-electron chi connectivity index (χ0n) is 17.1. The predicted molar refractivity (Wildman–Crippen MR) is 114 cm³/mol. The van der Waals surface area contributed by atoms with Crippen LogP contribution in [0.3, 0.4) is 0 Å². The van der Waals surface area contributed by atoms with E-state index in [2.05, 4.69) is 4.90 Å². The Hall–Kier alpha value is -2.83. The number of phenols is 1. The van der Waals surface area contributed by atoms with Gasteiger partial charge in [0.2, 0.25) is 0 Å². The number of hydrogen-bond acceptors (Lipinski definition) is 6. The fraction of sp³-hybridized carbons (Fsp3) is 0.375. The molecule has 158 valence electrons. The number of furan rings is 1. The number of hydrogen-bond donors (Lipinski definition) is 2. The largest absolute Gasteiger partial charge is 0.508 e. The van der Waals surface area contributed by atoms with Gasteiger partial charge in [-0.1, -0.05) is 36.8 Å². The van der Waals surface area contributed by atoms with Crippen LogP contribution in [0, 0.1) is 0 Å². The van der Waals surface area contributed by atoms with Crippen LogP contribution >= 0.6 is 0 Å². The van der Waals surface area contributed by atoms with Crippen molar-refractivity contribution in [2.75, 3.05) is 19.8 Å². The molecule has 1 fully saturated rings. The first-order valence-electron chi connectivity index (χ1n) is 10.5. The van der Waals surface area contributed by atoms with Crippen molar-refractivity contribution in [3.63, 3.8) is 0 Å². The zero-order valence-corrected chi connectivity index (χ0v) is 17.1. The van der Waals surface area contributed by atoms with Gasteiger partial charge < -0.3 is 19.4 Å². The lowest BCUT2D eigenvalue weighted by Gasteiger charge is -2.34. The summed E-state index contributed by atoms with van der Waals surface area (Å²) in [6.07, 6.45) is 3.03. The standard InChI is InChI=1S/C24H27NO5/c1-2-29-24(28)22-21-18(14-25-13-7-6-10-17(25)15-26)19(27)11-12-20(21)30-23(22)16-8-4-3-5-9-16/h3-5,8-9,11-12,17,26-27H,2,6-7,10,13-15H2,1H3. The third-order valence-corrected chi connectivity index (χ3v) is 5.78. The van der Waals surface area contributed by atoms with Gasteiger partial charge in [0.25, 0.3) is 0 Å². The average Bonchev–Trinajstić information content (AvgIpc) is 3.17. The van der Waals surface area contributed by atoms with Gasteiger partial charge in [-0.05, 0) is 38.4 Å². The molecule has 0 bridgehead atoms. The average molecular weight is 409 g/mol. The second-order valence-corrected chi connectivity index (χ2v) is 7.63. The van der Waals surface area contributed by atoms with Crippen molar-refractivity contribution >= 4 is 16.9 Å². The third-order valence-electron chi connectivity index (χ3n) is 5.78. The van der Waals surface area contributed by atoms with Crippen LogP contribution in [0.25, 0.3) is 22.3 Å². The number of likely N-dealkylation sites (tertiary alicyclic amines) is 1. The van der Waals surface area contributed by atoms with Crippen LogP contribution in [-0.2, 0) is 11.3 Å². The van der Waals surface area contributed by atoms with Crippen molar-refractivity contribution in [2.45, 2.75) is 38.8 Å². The summed E-state index contributed by atoms with van der Waals surface area (Å²) >= 11 is 0. The molecule has 0 aliphatic carbocycles. The first kappa shape index (κ1) is 20.4. The predicted octanol–water partition coefficient (Wildman–Crippen LogP) is 4.33. The number of esters is 1. The van der Waals surface area contributed by atoms with Crippen LogP contribution in [0.15, 0.2) is 46.9 Å². The van der Waals surface area contributed by atoms with E-state index in [1.54, 1.807) is 19.1 Å². The second-order valence-electron chi connectivity index (χ2n) is 7.63. The maximum absolute atomic E-state index is 13.0. The smallest absolute Gasteiger partial charge is 0.342 e. The van der Waals surface area contributed by atoms with Gasteiger partial charge >= 0.3 is 5.97 Å². The topological polar surface area (TPSA) is 83.1 Å². The van der Waals surface area contributed by atoms with Crippen molar-refractivity contribution in [1.82, 2.24) is 4.90 Å². The van der Waals surface area contributed by atoms with Gasteiger partial charge in [0.15, 0.2) is 0 Å². The molecule has 0 saturated carbocycles. The van der Waals surface area contributed by atoms with Gasteiger partial charge in [0.1, 0.15) is 22.7 Å². The SMILES string of the molecule is CCOC(=O)c1c(-c2ccccc2)oc2ccc(O)c(CN3CCCCC3CO)c12. The Labute approximate surface area is 175 Å². The van der Waals surface area contributed by atoms with E-state index >= 15 is 0 Å². The number of ether oxygens (including phenoxy) is 1. The molecule has 3 aromatic rings. The molecule has 2 heterocycles. The first-order valence-corrected chi connectivity index (χ1v) is 10.5. The summed E-state index contributed by atoms with van der Waals surface area (Å²) in [5, 5.41) is 21.1. The lowest BCUT2D eigenvalue weighted by molar-refractivity contribution is 0.0528. The highest BCUT2D eigenvalue weighted by atomic mass is 16.5. The van der Waals surface area contributed by atoms with Crippen molar-refractivity contribution in [2.24, 2.45) is 0 Å². The van der Waals surface area contributed by atoms with Crippen molar-refractivity contribution in [3.05, 3.63) is 53.6 Å². The molecule has 2 aromatic carbocycles. The lowest BCUT2D eigenvalue weighted by atomic mass is 9.98. The van der Waals surface area contributed by atoms with Crippen LogP contribution in [0.2, 0.25) is 0 Å². The van der Waals surface area contributed by atoms with Crippen LogP contribution in [0.4, 0.5) is 0 Å². The molecule has 1 unspecified atom stereocenters. The highest BCUT2D eigenvalue weighted by Crippen LogP contribution is 2.40. The summed E-state index contributed by atoms with van der Waals surface area (Å²) in [6.45, 7) is 3.34. The van der Waals surface area contributed by atoms with Gasteiger partial charge in [0.05, 0.1) is 13.2 Å². The first-order chi connectivity index (χ1) is 14.6. The molecule has 0 amide bonds. The molecule has 6 nitrogen and oxygen atoms in total. The van der Waals surface area contributed by atoms with E-state index in [4.69, 9.17) is 9.15 Å². The molecule has 1 aromatic heterocycles. The van der Waals surface area contributed by atoms with Gasteiger partial charge in [-0.25, -0.2) is 4.79 Å². The zero-order chi connectivity index (χ0) is 21.1. The Morgan fingerprint density at radius 3 is 2.73 bits per heavy atom. The van der Waals surface area contributed by atoms with Gasteiger partial charge in [-0.15, -0.1) is 0 Å². The van der Waals surface area contributed by atoms with Gasteiger partial charge in [-0.2, -0.15) is 0 Å². The number of nitrogens with zero attached hydrogens (tertiary/aromatic N) is 1. The quantitative estimate of drug-likeness (QED) is 0.590. The Kier molecular flexibility index (Phi) is 6.06. The minimum Gasteiger partial charge on any atom is -0.508 e. The van der Waals surface area contributed by atoms with E-state index in [-0.39, 0.29) is 25.0 Å². The number of carbonyl (C=O) groups is 1. The number of rotatable bonds is 6.